The molecule has 48 heteroatoms. The fourth-order valence-electron chi connectivity index (χ4n) is 16.4. The van der Waals surface area contributed by atoms with E-state index in [1.54, 1.807) is 84.9 Å². The van der Waals surface area contributed by atoms with Gasteiger partial charge in [-0.05, 0) is 223 Å². The quantitative estimate of drug-likeness (QED) is 0.0113. The molecule has 16 rings (SSSR count). The van der Waals surface area contributed by atoms with Crippen LogP contribution < -0.4 is 72.6 Å². The number of amides is 5. The molecule has 8 atom stereocenters. The first-order valence-electron chi connectivity index (χ1n) is 40.6. The smallest absolute Gasteiger partial charge is 0.337 e. The number of piperidine rings is 1. The molecule has 7 aromatic carbocycles. The van der Waals surface area contributed by atoms with E-state index in [0.29, 0.717) is 148 Å². The zero-order chi connectivity index (χ0) is 93.1. The minimum absolute atomic E-state index is 0.0362. The molecule has 0 radical (unpaired) electrons. The third kappa shape index (κ3) is 28.4. The molecule has 1 aromatic heterocycles. The first-order chi connectivity index (χ1) is 62.7. The van der Waals surface area contributed by atoms with Gasteiger partial charge in [-0.2, -0.15) is 35.4 Å². The van der Waals surface area contributed by atoms with Crippen LogP contribution in [0.3, 0.4) is 0 Å². The van der Waals surface area contributed by atoms with Crippen molar-refractivity contribution in [2.45, 2.75) is 184 Å². The van der Waals surface area contributed by atoms with Gasteiger partial charge in [-0.1, -0.05) is 120 Å². The molecule has 19 N–H and O–H groups in total. The Morgan fingerprint density at radius 3 is 1.50 bits per heavy atom. The molecule has 702 valence electrons. The van der Waals surface area contributed by atoms with Crippen molar-refractivity contribution in [3.05, 3.63) is 214 Å². The lowest BCUT2D eigenvalue weighted by Crippen LogP contribution is -2.54. The summed E-state index contributed by atoms with van der Waals surface area (Å²) in [6.07, 6.45) is 16.5. The van der Waals surface area contributed by atoms with Crippen molar-refractivity contribution >= 4 is 194 Å². The molecule has 6 heterocycles. The highest BCUT2D eigenvalue weighted by Gasteiger charge is 2.52. The summed E-state index contributed by atoms with van der Waals surface area (Å²) in [6.45, 7) is 11.2. The van der Waals surface area contributed by atoms with Gasteiger partial charge >= 0.3 is 5.97 Å². The van der Waals surface area contributed by atoms with E-state index in [9.17, 15) is 33.9 Å². The van der Waals surface area contributed by atoms with E-state index < -0.39 is 5.97 Å². The van der Waals surface area contributed by atoms with E-state index in [4.69, 9.17) is 109 Å². The molecule has 36 nitrogen and oxygen atoms in total. The Labute approximate surface area is 804 Å². The molecule has 5 aliphatic heterocycles. The number of furan rings is 1. The Hall–Kier alpha value is -6.92. The highest BCUT2D eigenvalue weighted by atomic mass is 35.5. The number of halogens is 6. The van der Waals surface area contributed by atoms with Crippen LogP contribution in [0.2, 0.25) is 30.1 Å². The van der Waals surface area contributed by atoms with Gasteiger partial charge in [0, 0.05) is 60.0 Å². The summed E-state index contributed by atoms with van der Waals surface area (Å²) in [7, 11) is 0. The molecule has 0 spiro atoms. The summed E-state index contributed by atoms with van der Waals surface area (Å²) in [6, 6.07) is 37.3. The number of carboxylic acids is 1. The predicted octanol–water partition coefficient (Wildman–Crippen LogP) is 17.7. The van der Waals surface area contributed by atoms with Crippen LogP contribution >= 0.6 is 142 Å². The van der Waals surface area contributed by atoms with Crippen LogP contribution in [0.5, 0.6) is 0 Å². The molecule has 8 aliphatic rings. The lowest BCUT2D eigenvalue weighted by atomic mass is 9.82. The average Bonchev–Trinajstić information content (AvgIpc) is 1.60. The van der Waals surface area contributed by atoms with E-state index in [-0.39, 0.29) is 47.3 Å². The molecule has 2 bridgehead atoms. The number of aromatic carboxylic acids is 1. The number of anilines is 3. The number of para-hydroxylation sites is 1. The number of nitrogens with one attached hydrogen (secondary N) is 6. The SMILES string of the molecule is CC1CCCC(C)N1NC(=O)c1ccc(Cl)c(SOON)c1.CC1Cc2ccccc2N1NC(=O)c1ccc(Cl)c(SOON)c1.CCC1NC(=O)c2cc(SOON)c(Cl)cc2N1.NOOSc1cc(C(=O)NN2CC3C4CCC(C4)C3C2)ccc1Cl.NOOSc1cc(C(=O)O)c(NCc2ccco2)cc1Cl.NOOSc1cc2c(cc1Cl)CN(C1CCCCC1)C2=O. The van der Waals surface area contributed by atoms with Crippen LogP contribution in [0.15, 0.2) is 167 Å². The number of hydrogen-bond acceptors (Lipinski definition) is 36. The number of hydrazine groups is 3. The first-order valence-corrected chi connectivity index (χ1v) is 47.3. The number of benzene rings is 7. The highest BCUT2D eigenvalue weighted by molar-refractivity contribution is 7.95. The number of carboxylic acid groups (broad SMARTS) is 1. The maximum atomic E-state index is 12.6. The average molecular weight is 2030 g/mol. The fourth-order valence-corrected chi connectivity index (χ4v) is 20.4. The summed E-state index contributed by atoms with van der Waals surface area (Å²) in [5, 5.41) is 26.9. The second kappa shape index (κ2) is 51.7. The molecule has 130 heavy (non-hydrogen) atoms. The van der Waals surface area contributed by atoms with Gasteiger partial charge < -0.3 is 30.4 Å². The maximum Gasteiger partial charge on any atom is 0.337 e. The molecule has 8 aromatic rings. The van der Waals surface area contributed by atoms with Crippen LogP contribution in [0, 0.1) is 23.7 Å². The van der Waals surface area contributed by atoms with E-state index in [2.05, 4.69) is 120 Å². The van der Waals surface area contributed by atoms with Gasteiger partial charge in [-0.25, -0.2) is 14.8 Å². The second-order valence-electron chi connectivity index (χ2n) is 30.5. The number of nitrogens with two attached hydrogens (primary N) is 6. The minimum atomic E-state index is -1.11. The van der Waals surface area contributed by atoms with Gasteiger partial charge in [0.15, 0.2) is 0 Å². The van der Waals surface area contributed by atoms with E-state index in [0.717, 1.165) is 147 Å². The molecular formula is C82H96Cl6N16O20S6. The predicted molar refractivity (Wildman–Crippen MR) is 495 cm³/mol. The maximum absolute atomic E-state index is 12.6. The second-order valence-corrected chi connectivity index (χ2v) is 37.4. The molecule has 3 saturated carbocycles. The lowest BCUT2D eigenvalue weighted by molar-refractivity contribution is -0.195. The van der Waals surface area contributed by atoms with Crippen LogP contribution in [-0.4, -0.2) is 99.0 Å². The van der Waals surface area contributed by atoms with Crippen molar-refractivity contribution in [1.29, 1.82) is 0 Å². The summed E-state index contributed by atoms with van der Waals surface area (Å²) in [5.41, 5.74) is 16.0. The van der Waals surface area contributed by atoms with Crippen molar-refractivity contribution < 1.29 is 94.2 Å². The van der Waals surface area contributed by atoms with Crippen molar-refractivity contribution in [3.8, 4) is 0 Å². The Morgan fingerprint density at radius 1 is 0.508 bits per heavy atom. The summed E-state index contributed by atoms with van der Waals surface area (Å²) in [4.78, 5) is 103. The molecule has 8 unspecified atom stereocenters. The third-order valence-corrected chi connectivity index (χ3v) is 29.1. The number of nitrogens with zero attached hydrogens (tertiary/aromatic N) is 4. The Balaban J connectivity index is 0.000000151. The molecule has 5 fully saturated rings. The van der Waals surface area contributed by atoms with Crippen LogP contribution in [-0.2, 0) is 75.4 Å². The van der Waals surface area contributed by atoms with E-state index >= 15 is 0 Å². The Morgan fingerprint density at radius 2 is 0.992 bits per heavy atom. The van der Waals surface area contributed by atoms with Gasteiger partial charge in [-0.3, -0.25) is 45.3 Å². The standard InChI is InChI=1S/C16H20ClN3O3S.C16H16ClN3O3S.C14H20ClN3O3S.C14H17ClN2O3S.C12H11ClN2O5S.C10H12ClN3O3S/c17-14-4-3-11(6-15(14)24-23-22-18)16(21)19-20-7-12-9-1-2-10(5-9)13(12)8-20;1-10-8-11-4-2-3-5-14(11)20(10)19-16(21)12-6-7-13(17)15(9-12)24-23-22-18;1-9-4-3-5-10(2)18(9)17-14(19)11-6-7-12(15)13(8-11)22-21-20-16;15-12-6-9-8-17(10-4-2-1-3-5-10)14(18)11(9)7-13(12)21-20-19-16;13-9-5-10(15-6-7-2-1-3-18-7)8(12(16)17)4-11(9)21-20-19-14;1-2-9-13-7-4-6(11)8(18-17-16-12)3-5(7)10(15)14-9/h3-4,6,9-10,12-13H,1-2,5,7-8,18H2,(H,19,21);2-7,9-10H,8,18H2,1H3,(H,19,21);6-10H,3-5,16H2,1-2H3,(H,17,19);6-7,10H,1-5,8,16H2;1-5,15H,6,14H2,(H,16,17);3-4,9,13H,2,12H2,1H3,(H,14,15). The number of fused-ring (bicyclic) bond motifs is 8. The van der Waals surface area contributed by atoms with Gasteiger partial charge in [0.1, 0.15) is 5.76 Å². The molecule has 2 saturated heterocycles. The highest BCUT2D eigenvalue weighted by Crippen LogP contribution is 2.55. The normalized spacial score (nSPS) is 19.9. The zero-order valence-electron chi connectivity index (χ0n) is 70.1. The monoisotopic (exact) mass is 2030 g/mol. The zero-order valence-corrected chi connectivity index (χ0v) is 79.5. The molecule has 3 aliphatic carbocycles. The largest absolute Gasteiger partial charge is 0.478 e. The number of carbonyl (C=O) groups excluding carboxylic acids is 5. The fraction of sp³-hybridized carbons (Fsp3) is 0.366. The molecular weight excluding hydrogens is 1930 g/mol. The lowest BCUT2D eigenvalue weighted by Gasteiger charge is -2.38. The van der Waals surface area contributed by atoms with E-state index in [1.807, 2.05) is 46.1 Å². The number of carbonyl (C=O) groups is 6. The van der Waals surface area contributed by atoms with E-state index in [1.165, 1.54) is 68.9 Å². The Kier molecular flexibility index (Phi) is 41.2. The first kappa shape index (κ1) is 104. The topological polar surface area (TPSA) is 488 Å². The van der Waals surface area contributed by atoms with Crippen molar-refractivity contribution in [1.82, 2.24) is 36.5 Å². The summed E-state index contributed by atoms with van der Waals surface area (Å²) in [5.74, 6) is 31.0. The van der Waals surface area contributed by atoms with Gasteiger partial charge in [0.2, 0.25) is 0 Å². The van der Waals surface area contributed by atoms with Crippen molar-refractivity contribution in [2.75, 3.05) is 28.7 Å². The van der Waals surface area contributed by atoms with Crippen LogP contribution in [0.4, 0.5) is 17.1 Å². The van der Waals surface area contributed by atoms with Gasteiger partial charge in [-0.15, -0.1) is 55.9 Å². The molecule has 5 amide bonds. The summed E-state index contributed by atoms with van der Waals surface area (Å²) >= 11 is 41.5. The minimum Gasteiger partial charge on any atom is -0.478 e. The number of rotatable bonds is 30. The number of hydrogen-bond donors (Lipinski definition) is 13. The van der Waals surface area contributed by atoms with Crippen molar-refractivity contribution in [2.24, 2.45) is 59.1 Å². The van der Waals surface area contributed by atoms with Gasteiger partial charge in [0.05, 0.1) is 185 Å². The third-order valence-electron chi connectivity index (χ3n) is 22.5. The van der Waals surface area contributed by atoms with Crippen LogP contribution in [0.1, 0.15) is 184 Å². The van der Waals surface area contributed by atoms with Gasteiger partial charge in [0.25, 0.3) is 29.5 Å². The van der Waals surface area contributed by atoms with Crippen molar-refractivity contribution in [3.63, 3.8) is 0 Å². The summed E-state index contributed by atoms with van der Waals surface area (Å²) < 4.78 is 32.6. The van der Waals surface area contributed by atoms with Crippen LogP contribution in [0.25, 0.3) is 0 Å². The Bertz CT molecular complexity index is 5160.